The van der Waals surface area contributed by atoms with Crippen LogP contribution in [0.25, 0.3) is 0 Å². The molecule has 0 spiro atoms. The third kappa shape index (κ3) is 4.12. The SMILES string of the molecule is CCCCCC(C)c1cc(Cl)cnc1Br. The summed E-state index contributed by atoms with van der Waals surface area (Å²) in [5.74, 6) is 0.525. The van der Waals surface area contributed by atoms with Crippen LogP contribution >= 0.6 is 27.5 Å². The highest BCUT2D eigenvalue weighted by Crippen LogP contribution is 2.29. The Bertz CT molecular complexity index is 314. The molecule has 1 aromatic heterocycles. The highest BCUT2D eigenvalue weighted by atomic mass is 79.9. The van der Waals surface area contributed by atoms with Gasteiger partial charge < -0.3 is 0 Å². The summed E-state index contributed by atoms with van der Waals surface area (Å²) in [7, 11) is 0. The Balaban J connectivity index is 2.64. The van der Waals surface area contributed by atoms with Crippen LogP contribution in [0.1, 0.15) is 51.0 Å². The second-order valence-corrected chi connectivity index (χ2v) is 5.12. The molecular weight excluding hydrogens is 273 g/mol. The summed E-state index contributed by atoms with van der Waals surface area (Å²) in [6, 6.07) is 2.01. The molecule has 0 aliphatic carbocycles. The van der Waals surface area contributed by atoms with Crippen molar-refractivity contribution < 1.29 is 0 Å². The molecule has 15 heavy (non-hydrogen) atoms. The molecule has 1 atom stereocenters. The van der Waals surface area contributed by atoms with E-state index >= 15 is 0 Å². The summed E-state index contributed by atoms with van der Waals surface area (Å²) in [5.41, 5.74) is 1.22. The zero-order valence-corrected chi connectivity index (χ0v) is 11.6. The first-order valence-corrected chi connectivity index (χ1v) is 6.63. The first-order chi connectivity index (χ1) is 7.15. The van der Waals surface area contributed by atoms with Gasteiger partial charge in [-0.25, -0.2) is 4.98 Å². The largest absolute Gasteiger partial charge is 0.248 e. The van der Waals surface area contributed by atoms with Gasteiger partial charge in [0.05, 0.1) is 5.02 Å². The van der Waals surface area contributed by atoms with E-state index in [1.54, 1.807) is 6.20 Å². The van der Waals surface area contributed by atoms with Gasteiger partial charge in [0, 0.05) is 6.20 Å². The van der Waals surface area contributed by atoms with E-state index in [0.29, 0.717) is 5.92 Å². The average Bonchev–Trinajstić information content (AvgIpc) is 2.22. The topological polar surface area (TPSA) is 12.9 Å². The van der Waals surface area contributed by atoms with E-state index < -0.39 is 0 Å². The lowest BCUT2D eigenvalue weighted by atomic mass is 9.96. The van der Waals surface area contributed by atoms with Crippen molar-refractivity contribution in [3.05, 3.63) is 27.5 Å². The molecule has 0 saturated carbocycles. The molecule has 1 nitrogen and oxygen atoms in total. The van der Waals surface area contributed by atoms with Gasteiger partial charge in [0.15, 0.2) is 0 Å². The molecule has 0 aliphatic heterocycles. The minimum absolute atomic E-state index is 0.525. The predicted octanol–water partition coefficient (Wildman–Crippen LogP) is 5.18. The van der Waals surface area contributed by atoms with Crippen LogP contribution in [0.5, 0.6) is 0 Å². The molecule has 0 aromatic carbocycles. The van der Waals surface area contributed by atoms with E-state index in [-0.39, 0.29) is 0 Å². The molecule has 0 fully saturated rings. The molecule has 1 aromatic rings. The molecule has 1 unspecified atom stereocenters. The summed E-state index contributed by atoms with van der Waals surface area (Å²) < 4.78 is 0.927. The van der Waals surface area contributed by atoms with Crippen LogP contribution in [0, 0.1) is 0 Å². The lowest BCUT2D eigenvalue weighted by Crippen LogP contribution is -1.96. The van der Waals surface area contributed by atoms with Gasteiger partial charge in [-0.1, -0.05) is 44.7 Å². The standard InChI is InChI=1S/C12H17BrClN/c1-3-4-5-6-9(2)11-7-10(14)8-15-12(11)13/h7-9H,3-6H2,1-2H3. The number of nitrogens with zero attached hydrogens (tertiary/aromatic N) is 1. The van der Waals surface area contributed by atoms with Crippen molar-refractivity contribution in [2.24, 2.45) is 0 Å². The van der Waals surface area contributed by atoms with Crippen molar-refractivity contribution >= 4 is 27.5 Å². The van der Waals surface area contributed by atoms with Crippen LogP contribution in [0.4, 0.5) is 0 Å². The van der Waals surface area contributed by atoms with Crippen molar-refractivity contribution in [2.75, 3.05) is 0 Å². The van der Waals surface area contributed by atoms with E-state index in [1.165, 1.54) is 31.2 Å². The molecule has 84 valence electrons. The molecular formula is C12H17BrClN. The lowest BCUT2D eigenvalue weighted by Gasteiger charge is -2.13. The maximum atomic E-state index is 5.94. The monoisotopic (exact) mass is 289 g/mol. The Morgan fingerprint density at radius 1 is 1.47 bits per heavy atom. The molecule has 0 amide bonds. The smallest absolute Gasteiger partial charge is 0.109 e. The molecule has 3 heteroatoms. The highest BCUT2D eigenvalue weighted by molar-refractivity contribution is 9.10. The number of unbranched alkanes of at least 4 members (excludes halogenated alkanes) is 2. The number of pyridine rings is 1. The molecule has 0 saturated heterocycles. The first kappa shape index (κ1) is 13.0. The molecule has 0 aliphatic rings. The average molecular weight is 291 g/mol. The molecule has 1 heterocycles. The Morgan fingerprint density at radius 3 is 2.87 bits per heavy atom. The number of halogens is 2. The zero-order valence-electron chi connectivity index (χ0n) is 9.26. The van der Waals surface area contributed by atoms with Crippen LogP contribution in [0.2, 0.25) is 5.02 Å². The van der Waals surface area contributed by atoms with Crippen LogP contribution in [0.15, 0.2) is 16.9 Å². The fourth-order valence-electron chi connectivity index (χ4n) is 1.64. The first-order valence-electron chi connectivity index (χ1n) is 5.46. The van der Waals surface area contributed by atoms with Gasteiger partial charge in [0.25, 0.3) is 0 Å². The van der Waals surface area contributed by atoms with Gasteiger partial charge in [0.1, 0.15) is 4.60 Å². The van der Waals surface area contributed by atoms with Crippen molar-refractivity contribution in [2.45, 2.75) is 45.4 Å². The summed E-state index contributed by atoms with van der Waals surface area (Å²) in [5, 5.41) is 0.718. The summed E-state index contributed by atoms with van der Waals surface area (Å²) in [4.78, 5) is 4.21. The van der Waals surface area contributed by atoms with Gasteiger partial charge in [-0.2, -0.15) is 0 Å². The van der Waals surface area contributed by atoms with Gasteiger partial charge in [0.2, 0.25) is 0 Å². The third-order valence-electron chi connectivity index (χ3n) is 2.60. The number of hydrogen-bond donors (Lipinski definition) is 0. The number of hydrogen-bond acceptors (Lipinski definition) is 1. The summed E-state index contributed by atoms with van der Waals surface area (Å²) in [6.45, 7) is 4.45. The fraction of sp³-hybridized carbons (Fsp3) is 0.583. The second kappa shape index (κ2) is 6.49. The minimum atomic E-state index is 0.525. The van der Waals surface area contributed by atoms with E-state index in [0.717, 1.165) is 9.63 Å². The number of aromatic nitrogens is 1. The van der Waals surface area contributed by atoms with Crippen LogP contribution in [-0.4, -0.2) is 4.98 Å². The molecule has 0 N–H and O–H groups in total. The maximum Gasteiger partial charge on any atom is 0.109 e. The van der Waals surface area contributed by atoms with Gasteiger partial charge in [-0.3, -0.25) is 0 Å². The Hall–Kier alpha value is -0.0800. The van der Waals surface area contributed by atoms with Gasteiger partial charge >= 0.3 is 0 Å². The van der Waals surface area contributed by atoms with Gasteiger partial charge in [-0.15, -0.1) is 0 Å². The zero-order chi connectivity index (χ0) is 11.3. The summed E-state index contributed by atoms with van der Waals surface area (Å²) in [6.07, 6.45) is 6.72. The minimum Gasteiger partial charge on any atom is -0.248 e. The Labute approximate surface area is 105 Å². The lowest BCUT2D eigenvalue weighted by molar-refractivity contribution is 0.595. The van der Waals surface area contributed by atoms with Crippen LogP contribution in [0.3, 0.4) is 0 Å². The van der Waals surface area contributed by atoms with Crippen molar-refractivity contribution in [1.82, 2.24) is 4.98 Å². The van der Waals surface area contributed by atoms with Crippen LogP contribution in [-0.2, 0) is 0 Å². The van der Waals surface area contributed by atoms with Crippen molar-refractivity contribution in [3.8, 4) is 0 Å². The fourth-order valence-corrected chi connectivity index (χ4v) is 2.41. The van der Waals surface area contributed by atoms with Crippen LogP contribution < -0.4 is 0 Å². The summed E-state index contributed by atoms with van der Waals surface area (Å²) >= 11 is 9.41. The predicted molar refractivity (Wildman–Crippen MR) is 69.5 cm³/mol. The molecule has 0 radical (unpaired) electrons. The maximum absolute atomic E-state index is 5.94. The van der Waals surface area contributed by atoms with E-state index in [9.17, 15) is 0 Å². The van der Waals surface area contributed by atoms with Crippen molar-refractivity contribution in [3.63, 3.8) is 0 Å². The Morgan fingerprint density at radius 2 is 2.20 bits per heavy atom. The third-order valence-corrected chi connectivity index (χ3v) is 3.47. The molecule has 1 rings (SSSR count). The number of rotatable bonds is 5. The van der Waals surface area contributed by atoms with E-state index in [2.05, 4.69) is 34.8 Å². The highest BCUT2D eigenvalue weighted by Gasteiger charge is 2.10. The molecule has 0 bridgehead atoms. The normalized spacial score (nSPS) is 12.8. The van der Waals surface area contributed by atoms with Crippen molar-refractivity contribution in [1.29, 1.82) is 0 Å². The van der Waals surface area contributed by atoms with E-state index in [1.807, 2.05) is 6.07 Å². The van der Waals surface area contributed by atoms with Gasteiger partial charge in [-0.05, 0) is 39.9 Å². The quantitative estimate of drug-likeness (QED) is 0.538. The Kier molecular flexibility index (Phi) is 5.62. The van der Waals surface area contributed by atoms with E-state index in [4.69, 9.17) is 11.6 Å². The second-order valence-electron chi connectivity index (χ2n) is 3.93.